The number of pyridine rings is 1. The molecule has 0 spiro atoms. The molecule has 162 valence electrons. The summed E-state index contributed by atoms with van der Waals surface area (Å²) in [5.74, 6) is 0. The van der Waals surface area contributed by atoms with Crippen LogP contribution in [0.5, 0.6) is 0 Å². The van der Waals surface area contributed by atoms with E-state index in [4.69, 9.17) is 12.2 Å². The van der Waals surface area contributed by atoms with Gasteiger partial charge in [-0.15, -0.1) is 0 Å². The number of aromatic nitrogens is 1. The van der Waals surface area contributed by atoms with E-state index in [9.17, 15) is 4.79 Å². The molecule has 0 bridgehead atoms. The smallest absolute Gasteiger partial charge is 0.253 e. The van der Waals surface area contributed by atoms with Crippen molar-refractivity contribution in [2.24, 2.45) is 0 Å². The number of hydrogen-bond donors (Lipinski definition) is 2. The Bertz CT molecular complexity index is 1130. The Hall–Kier alpha value is -2.66. The third kappa shape index (κ3) is 4.82. The van der Waals surface area contributed by atoms with Crippen LogP contribution in [0, 0.1) is 13.8 Å². The Morgan fingerprint density at radius 3 is 2.58 bits per heavy atom. The zero-order chi connectivity index (χ0) is 22.0. The number of benzene rings is 2. The van der Waals surface area contributed by atoms with Gasteiger partial charge in [-0.3, -0.25) is 4.79 Å². The van der Waals surface area contributed by atoms with Gasteiger partial charge in [-0.05, 0) is 74.7 Å². The number of fused-ring (bicyclic) bond motifs is 1. The van der Waals surface area contributed by atoms with Crippen LogP contribution in [-0.2, 0) is 6.54 Å². The molecule has 1 aromatic heterocycles. The SMILES string of the molecule is Cc1cc(C)c2cc(CN(C(=S)N[C@@H](C)c3ccccc3)C3CCCC3)c(=O)[nH]c2c1. The number of nitrogens with one attached hydrogen (secondary N) is 2. The van der Waals surface area contributed by atoms with Crippen molar-refractivity contribution in [1.82, 2.24) is 15.2 Å². The molecule has 0 saturated heterocycles. The normalized spacial score (nSPS) is 15.2. The maximum absolute atomic E-state index is 12.9. The molecule has 0 aliphatic heterocycles. The first-order valence-corrected chi connectivity index (χ1v) is 11.6. The highest BCUT2D eigenvalue weighted by Gasteiger charge is 2.26. The van der Waals surface area contributed by atoms with Crippen LogP contribution >= 0.6 is 12.2 Å². The maximum Gasteiger partial charge on any atom is 0.253 e. The van der Waals surface area contributed by atoms with Crippen LogP contribution in [0.4, 0.5) is 0 Å². The number of rotatable bonds is 5. The summed E-state index contributed by atoms with van der Waals surface area (Å²) >= 11 is 5.87. The Morgan fingerprint density at radius 1 is 1.16 bits per heavy atom. The fourth-order valence-electron chi connectivity index (χ4n) is 4.69. The van der Waals surface area contributed by atoms with E-state index in [2.05, 4.69) is 54.2 Å². The highest BCUT2D eigenvalue weighted by atomic mass is 32.1. The van der Waals surface area contributed by atoms with Gasteiger partial charge < -0.3 is 15.2 Å². The van der Waals surface area contributed by atoms with Crippen molar-refractivity contribution in [2.75, 3.05) is 0 Å². The van der Waals surface area contributed by atoms with Crippen molar-refractivity contribution in [2.45, 2.75) is 65.1 Å². The summed E-state index contributed by atoms with van der Waals surface area (Å²) in [6.45, 7) is 6.80. The molecule has 1 heterocycles. The van der Waals surface area contributed by atoms with E-state index >= 15 is 0 Å². The van der Waals surface area contributed by atoms with Crippen molar-refractivity contribution in [1.29, 1.82) is 0 Å². The van der Waals surface area contributed by atoms with Gasteiger partial charge in [-0.25, -0.2) is 0 Å². The fourth-order valence-corrected chi connectivity index (χ4v) is 5.08. The quantitative estimate of drug-likeness (QED) is 0.520. The summed E-state index contributed by atoms with van der Waals surface area (Å²) in [6, 6.07) is 17.1. The second kappa shape index (κ2) is 9.23. The van der Waals surface area contributed by atoms with Crippen molar-refractivity contribution in [3.8, 4) is 0 Å². The standard InChI is InChI=1S/C26H31N3OS/c1-17-13-18(2)23-15-21(25(30)28-24(23)14-17)16-29(22-11-7-8-12-22)26(31)27-19(3)20-9-5-4-6-10-20/h4-6,9-10,13-15,19,22H,7-8,11-12,16H2,1-3H3,(H,27,31)(H,28,30)/t19-/m0/s1. The second-order valence-electron chi connectivity index (χ2n) is 8.81. The van der Waals surface area contributed by atoms with Gasteiger partial charge >= 0.3 is 0 Å². The molecular weight excluding hydrogens is 402 g/mol. The Kier molecular flexibility index (Phi) is 6.42. The van der Waals surface area contributed by atoms with Gasteiger partial charge in [-0.1, -0.05) is 49.2 Å². The average Bonchev–Trinajstić information content (AvgIpc) is 3.27. The largest absolute Gasteiger partial charge is 0.356 e. The van der Waals surface area contributed by atoms with Gasteiger partial charge in [0.15, 0.2) is 5.11 Å². The lowest BCUT2D eigenvalue weighted by molar-refractivity contribution is 0.300. The molecule has 0 amide bonds. The van der Waals surface area contributed by atoms with E-state index in [0.29, 0.717) is 12.6 Å². The molecular formula is C26H31N3OS. The third-order valence-corrected chi connectivity index (χ3v) is 6.75. The van der Waals surface area contributed by atoms with Crippen LogP contribution in [0.25, 0.3) is 10.9 Å². The second-order valence-corrected chi connectivity index (χ2v) is 9.20. The molecule has 1 aliphatic carbocycles. The number of thiocarbonyl (C=S) groups is 1. The van der Waals surface area contributed by atoms with Crippen LogP contribution in [0.1, 0.15) is 60.9 Å². The zero-order valence-corrected chi connectivity index (χ0v) is 19.4. The molecule has 4 nitrogen and oxygen atoms in total. The molecule has 1 atom stereocenters. The van der Waals surface area contributed by atoms with Crippen LogP contribution in [0.2, 0.25) is 0 Å². The lowest BCUT2D eigenvalue weighted by Crippen LogP contribution is -2.46. The van der Waals surface area contributed by atoms with Gasteiger partial charge in [-0.2, -0.15) is 0 Å². The van der Waals surface area contributed by atoms with E-state index in [0.717, 1.165) is 40.0 Å². The molecule has 0 unspecified atom stereocenters. The average molecular weight is 434 g/mol. The highest BCUT2D eigenvalue weighted by molar-refractivity contribution is 7.80. The topological polar surface area (TPSA) is 48.1 Å². The predicted molar refractivity (Wildman–Crippen MR) is 132 cm³/mol. The molecule has 2 aromatic carbocycles. The Labute approximate surface area is 189 Å². The first-order chi connectivity index (χ1) is 14.9. The molecule has 3 aromatic rings. The van der Waals surface area contributed by atoms with Gasteiger partial charge in [0, 0.05) is 22.5 Å². The van der Waals surface area contributed by atoms with Gasteiger partial charge in [0.25, 0.3) is 5.56 Å². The molecule has 1 aliphatic rings. The van der Waals surface area contributed by atoms with E-state index in [1.165, 1.54) is 24.0 Å². The molecule has 1 fully saturated rings. The zero-order valence-electron chi connectivity index (χ0n) is 18.6. The van der Waals surface area contributed by atoms with Crippen LogP contribution in [0.15, 0.2) is 53.3 Å². The number of aryl methyl sites for hydroxylation is 2. The molecule has 31 heavy (non-hydrogen) atoms. The number of nitrogens with zero attached hydrogens (tertiary/aromatic N) is 1. The summed E-state index contributed by atoms with van der Waals surface area (Å²) in [5.41, 5.74) is 5.17. The molecule has 4 rings (SSSR count). The first kappa shape index (κ1) is 21.6. The van der Waals surface area contributed by atoms with Crippen molar-refractivity contribution in [3.63, 3.8) is 0 Å². The molecule has 0 radical (unpaired) electrons. The number of H-pyrrole nitrogens is 1. The minimum absolute atomic E-state index is 0.0283. The minimum atomic E-state index is -0.0283. The third-order valence-electron chi connectivity index (χ3n) is 6.40. The number of hydrogen-bond acceptors (Lipinski definition) is 2. The summed E-state index contributed by atoms with van der Waals surface area (Å²) in [5, 5.41) is 5.34. The predicted octanol–water partition coefficient (Wildman–Crippen LogP) is 5.53. The monoisotopic (exact) mass is 433 g/mol. The van der Waals surface area contributed by atoms with Crippen molar-refractivity contribution < 1.29 is 0 Å². The Morgan fingerprint density at radius 2 is 1.87 bits per heavy atom. The van der Waals surface area contributed by atoms with Gasteiger partial charge in [0.1, 0.15) is 0 Å². The van der Waals surface area contributed by atoms with E-state index < -0.39 is 0 Å². The van der Waals surface area contributed by atoms with Crippen molar-refractivity contribution >= 4 is 28.2 Å². The number of aromatic amines is 1. The lowest BCUT2D eigenvalue weighted by Gasteiger charge is -2.33. The maximum atomic E-state index is 12.9. The summed E-state index contributed by atoms with van der Waals surface area (Å²) in [4.78, 5) is 18.3. The lowest BCUT2D eigenvalue weighted by atomic mass is 10.0. The molecule has 2 N–H and O–H groups in total. The van der Waals surface area contributed by atoms with Crippen molar-refractivity contribution in [3.05, 3.63) is 81.1 Å². The summed E-state index contributed by atoms with van der Waals surface area (Å²) < 4.78 is 0. The van der Waals surface area contributed by atoms with E-state index in [1.807, 2.05) is 30.3 Å². The van der Waals surface area contributed by atoms with Crippen LogP contribution in [0.3, 0.4) is 0 Å². The highest BCUT2D eigenvalue weighted by Crippen LogP contribution is 2.26. The summed E-state index contributed by atoms with van der Waals surface area (Å²) in [7, 11) is 0. The van der Waals surface area contributed by atoms with Crippen LogP contribution < -0.4 is 10.9 Å². The van der Waals surface area contributed by atoms with E-state index in [1.54, 1.807) is 0 Å². The first-order valence-electron chi connectivity index (χ1n) is 11.2. The summed E-state index contributed by atoms with van der Waals surface area (Å²) in [6.07, 6.45) is 4.66. The Balaban J connectivity index is 1.62. The van der Waals surface area contributed by atoms with Gasteiger partial charge in [0.05, 0.1) is 12.6 Å². The molecule has 1 saturated carbocycles. The minimum Gasteiger partial charge on any atom is -0.356 e. The van der Waals surface area contributed by atoms with Gasteiger partial charge in [0.2, 0.25) is 0 Å². The fraction of sp³-hybridized carbons (Fsp3) is 0.385. The van der Waals surface area contributed by atoms with E-state index in [-0.39, 0.29) is 11.6 Å². The van der Waals surface area contributed by atoms with Crippen LogP contribution in [-0.4, -0.2) is 21.0 Å². The molecule has 5 heteroatoms.